The van der Waals surface area contributed by atoms with Crippen LogP contribution in [-0.2, 0) is 0 Å². The summed E-state index contributed by atoms with van der Waals surface area (Å²) in [5.41, 5.74) is 0.413. The van der Waals surface area contributed by atoms with Gasteiger partial charge in [0, 0.05) is 27.2 Å². The molecule has 0 N–H and O–H groups in total. The number of amides is 1. The third-order valence-electron chi connectivity index (χ3n) is 3.29. The molecule has 0 aliphatic carbocycles. The zero-order valence-corrected chi connectivity index (χ0v) is 13.1. The van der Waals surface area contributed by atoms with Gasteiger partial charge in [-0.05, 0) is 12.8 Å². The number of anilines is 1. The van der Waals surface area contributed by atoms with E-state index >= 15 is 0 Å². The second-order valence-corrected chi connectivity index (χ2v) is 5.12. The lowest BCUT2D eigenvalue weighted by molar-refractivity contribution is 0.0787. The van der Waals surface area contributed by atoms with Gasteiger partial charge in [-0.1, -0.05) is 26.7 Å². The number of rotatable bonds is 8. The molecule has 0 bridgehead atoms. The van der Waals surface area contributed by atoms with Crippen molar-refractivity contribution in [2.75, 3.05) is 32.1 Å². The first kappa shape index (κ1) is 16.4. The summed E-state index contributed by atoms with van der Waals surface area (Å²) in [5.74, 6) is 0.750. The molecular weight excluding hydrogens is 252 g/mol. The van der Waals surface area contributed by atoms with E-state index in [4.69, 9.17) is 0 Å². The predicted octanol–water partition coefficient (Wildman–Crippen LogP) is 2.59. The van der Waals surface area contributed by atoms with Gasteiger partial charge >= 0.3 is 0 Å². The van der Waals surface area contributed by atoms with Crippen molar-refractivity contribution in [1.29, 1.82) is 0 Å². The minimum Gasteiger partial charge on any atom is -0.358 e. The van der Waals surface area contributed by atoms with Crippen molar-refractivity contribution in [2.45, 2.75) is 39.5 Å². The van der Waals surface area contributed by atoms with Gasteiger partial charge in [0.1, 0.15) is 11.5 Å². The smallest absolute Gasteiger partial charge is 0.273 e. The van der Waals surface area contributed by atoms with Crippen LogP contribution in [0.4, 0.5) is 5.82 Å². The summed E-state index contributed by atoms with van der Waals surface area (Å²) in [4.78, 5) is 24.4. The Bertz CT molecular complexity index is 405. The first-order chi connectivity index (χ1) is 9.60. The van der Waals surface area contributed by atoms with Crippen molar-refractivity contribution in [1.82, 2.24) is 14.9 Å². The fourth-order valence-corrected chi connectivity index (χ4v) is 1.83. The van der Waals surface area contributed by atoms with E-state index in [1.165, 1.54) is 0 Å². The van der Waals surface area contributed by atoms with Crippen LogP contribution < -0.4 is 4.90 Å². The van der Waals surface area contributed by atoms with Crippen molar-refractivity contribution in [3.8, 4) is 0 Å². The average molecular weight is 278 g/mol. The Labute approximate surface area is 122 Å². The zero-order chi connectivity index (χ0) is 15.0. The van der Waals surface area contributed by atoms with Crippen molar-refractivity contribution >= 4 is 11.7 Å². The third kappa shape index (κ3) is 4.79. The maximum Gasteiger partial charge on any atom is 0.273 e. The first-order valence-electron chi connectivity index (χ1n) is 7.38. The van der Waals surface area contributed by atoms with E-state index in [2.05, 4.69) is 28.7 Å². The number of hydrogen-bond donors (Lipinski definition) is 0. The summed E-state index contributed by atoms with van der Waals surface area (Å²) in [6.45, 7) is 5.98. The highest BCUT2D eigenvalue weighted by molar-refractivity contribution is 5.91. The lowest BCUT2D eigenvalue weighted by Crippen LogP contribution is -2.29. The van der Waals surface area contributed by atoms with Gasteiger partial charge < -0.3 is 9.80 Å². The molecule has 0 aromatic carbocycles. The highest BCUT2D eigenvalue weighted by Crippen LogP contribution is 2.09. The minimum absolute atomic E-state index is 0.0614. The van der Waals surface area contributed by atoms with Gasteiger partial charge in [0.05, 0.1) is 12.4 Å². The van der Waals surface area contributed by atoms with Crippen molar-refractivity contribution in [3.63, 3.8) is 0 Å². The Morgan fingerprint density at radius 1 is 1.05 bits per heavy atom. The Morgan fingerprint density at radius 2 is 1.70 bits per heavy atom. The number of carbonyl (C=O) groups is 1. The summed E-state index contributed by atoms with van der Waals surface area (Å²) in [7, 11) is 3.80. The maximum absolute atomic E-state index is 12.1. The Morgan fingerprint density at radius 3 is 2.25 bits per heavy atom. The fourth-order valence-electron chi connectivity index (χ4n) is 1.83. The van der Waals surface area contributed by atoms with Crippen LogP contribution in [0, 0.1) is 0 Å². The van der Waals surface area contributed by atoms with Gasteiger partial charge in [0.25, 0.3) is 5.91 Å². The summed E-state index contributed by atoms with van der Waals surface area (Å²) in [5, 5.41) is 0. The monoisotopic (exact) mass is 278 g/mol. The van der Waals surface area contributed by atoms with Crippen molar-refractivity contribution < 1.29 is 4.79 Å². The molecule has 0 saturated heterocycles. The van der Waals surface area contributed by atoms with Crippen LogP contribution in [0.3, 0.4) is 0 Å². The minimum atomic E-state index is -0.0614. The van der Waals surface area contributed by atoms with Crippen LogP contribution in [0.2, 0.25) is 0 Å². The molecule has 1 amide bonds. The molecule has 1 heterocycles. The largest absolute Gasteiger partial charge is 0.358 e. The van der Waals surface area contributed by atoms with E-state index in [0.29, 0.717) is 5.69 Å². The second-order valence-electron chi connectivity index (χ2n) is 5.12. The number of carbonyl (C=O) groups excluding carboxylic acids is 1. The van der Waals surface area contributed by atoms with Gasteiger partial charge in [-0.3, -0.25) is 4.79 Å². The molecule has 0 aliphatic rings. The molecule has 1 aromatic rings. The molecular formula is C15H26N4O. The normalized spacial score (nSPS) is 10.4. The topological polar surface area (TPSA) is 49.3 Å². The average Bonchev–Trinajstić information content (AvgIpc) is 2.49. The first-order valence-corrected chi connectivity index (χ1v) is 7.38. The SMILES string of the molecule is CCCCN(C)C(=O)c1cnc(N(C)CCCC)cn1. The fraction of sp³-hybridized carbons (Fsp3) is 0.667. The van der Waals surface area contributed by atoms with E-state index in [0.717, 1.165) is 44.6 Å². The molecule has 0 atom stereocenters. The quantitative estimate of drug-likeness (QED) is 0.733. The summed E-state index contributed by atoms with van der Waals surface area (Å²) in [6.07, 6.45) is 7.60. The molecule has 1 rings (SSSR count). The maximum atomic E-state index is 12.1. The predicted molar refractivity (Wildman–Crippen MR) is 82.1 cm³/mol. The molecule has 0 spiro atoms. The molecule has 5 nitrogen and oxygen atoms in total. The van der Waals surface area contributed by atoms with E-state index < -0.39 is 0 Å². The molecule has 0 saturated carbocycles. The Kier molecular flexibility index (Phi) is 6.98. The van der Waals surface area contributed by atoms with Crippen molar-refractivity contribution in [2.24, 2.45) is 0 Å². The lowest BCUT2D eigenvalue weighted by Gasteiger charge is -2.18. The molecule has 0 aliphatic heterocycles. The number of unbranched alkanes of at least 4 members (excludes halogenated alkanes) is 2. The lowest BCUT2D eigenvalue weighted by atomic mass is 10.3. The second kappa shape index (κ2) is 8.51. The van der Waals surface area contributed by atoms with Gasteiger partial charge in [-0.2, -0.15) is 0 Å². The summed E-state index contributed by atoms with van der Waals surface area (Å²) >= 11 is 0. The van der Waals surface area contributed by atoms with E-state index in [1.54, 1.807) is 24.3 Å². The van der Waals surface area contributed by atoms with Gasteiger partial charge in [0.15, 0.2) is 0 Å². The van der Waals surface area contributed by atoms with Crippen LogP contribution in [0.25, 0.3) is 0 Å². The third-order valence-corrected chi connectivity index (χ3v) is 3.29. The van der Waals surface area contributed by atoms with Gasteiger partial charge in [-0.15, -0.1) is 0 Å². The molecule has 0 unspecified atom stereocenters. The molecule has 0 radical (unpaired) electrons. The van der Waals surface area contributed by atoms with Crippen LogP contribution in [0.1, 0.15) is 50.0 Å². The highest BCUT2D eigenvalue weighted by Gasteiger charge is 2.13. The highest BCUT2D eigenvalue weighted by atomic mass is 16.2. The zero-order valence-electron chi connectivity index (χ0n) is 13.1. The van der Waals surface area contributed by atoms with Crippen LogP contribution in [-0.4, -0.2) is 48.0 Å². The molecule has 20 heavy (non-hydrogen) atoms. The van der Waals surface area contributed by atoms with Crippen LogP contribution in [0.5, 0.6) is 0 Å². The molecule has 1 aromatic heterocycles. The van der Waals surface area contributed by atoms with Crippen molar-refractivity contribution in [3.05, 3.63) is 18.1 Å². The summed E-state index contributed by atoms with van der Waals surface area (Å²) in [6, 6.07) is 0. The summed E-state index contributed by atoms with van der Waals surface area (Å²) < 4.78 is 0. The van der Waals surface area contributed by atoms with E-state index in [9.17, 15) is 4.79 Å². The van der Waals surface area contributed by atoms with Crippen LogP contribution >= 0.6 is 0 Å². The van der Waals surface area contributed by atoms with Gasteiger partial charge in [-0.25, -0.2) is 9.97 Å². The van der Waals surface area contributed by atoms with Crippen LogP contribution in [0.15, 0.2) is 12.4 Å². The Balaban J connectivity index is 2.63. The Hall–Kier alpha value is -1.65. The number of aromatic nitrogens is 2. The molecule has 0 fully saturated rings. The van der Waals surface area contributed by atoms with E-state index in [1.807, 2.05) is 7.05 Å². The number of nitrogens with zero attached hydrogens (tertiary/aromatic N) is 4. The van der Waals surface area contributed by atoms with Gasteiger partial charge in [0.2, 0.25) is 0 Å². The molecule has 5 heteroatoms. The standard InChI is InChI=1S/C15H26N4O/c1-5-7-9-18(3)14-12-16-13(11-17-14)15(20)19(4)10-8-6-2/h11-12H,5-10H2,1-4H3. The number of hydrogen-bond acceptors (Lipinski definition) is 4. The molecule has 112 valence electrons. The van der Waals surface area contributed by atoms with E-state index in [-0.39, 0.29) is 5.91 Å².